The third-order valence-corrected chi connectivity index (χ3v) is 0.682. The van der Waals surface area contributed by atoms with Crippen molar-refractivity contribution in [1.82, 2.24) is 0 Å². The molecule has 0 fully saturated rings. The Morgan fingerprint density at radius 3 is 1.38 bits per heavy atom. The first-order valence-corrected chi connectivity index (χ1v) is 2.49. The molecule has 0 bridgehead atoms. The van der Waals surface area contributed by atoms with Crippen LogP contribution in [0.5, 0.6) is 0 Å². The number of aliphatic hydroxyl groups is 2. The monoisotopic (exact) mass is 168 g/mol. The molecular formula is C5H12O2Zn. The summed E-state index contributed by atoms with van der Waals surface area (Å²) in [6.07, 6.45) is -0.278. The molecule has 0 aromatic carbocycles. The van der Waals surface area contributed by atoms with E-state index in [1.54, 1.807) is 13.8 Å². The molecule has 2 nitrogen and oxygen atoms in total. The third-order valence-electron chi connectivity index (χ3n) is 0.682. The normalized spacial score (nSPS) is 16.5. The Hall–Kier alpha value is 0.543. The van der Waals surface area contributed by atoms with Crippen molar-refractivity contribution >= 4 is 0 Å². The molecule has 0 rings (SSSR count). The molecule has 0 aliphatic rings. The summed E-state index contributed by atoms with van der Waals surface area (Å²) in [6, 6.07) is 0. The van der Waals surface area contributed by atoms with Crippen LogP contribution >= 0.6 is 0 Å². The zero-order chi connectivity index (χ0) is 5.86. The van der Waals surface area contributed by atoms with Gasteiger partial charge in [-0.15, -0.1) is 0 Å². The molecule has 2 atom stereocenters. The molecule has 46 valence electrons. The van der Waals surface area contributed by atoms with Crippen LogP contribution in [-0.4, -0.2) is 22.4 Å². The van der Waals surface area contributed by atoms with Crippen LogP contribution in [0.2, 0.25) is 0 Å². The van der Waals surface area contributed by atoms with E-state index in [0.717, 1.165) is 0 Å². The van der Waals surface area contributed by atoms with Crippen LogP contribution in [0.3, 0.4) is 0 Å². The molecule has 0 radical (unpaired) electrons. The average molecular weight is 170 g/mol. The van der Waals surface area contributed by atoms with Crippen molar-refractivity contribution in [2.24, 2.45) is 0 Å². The van der Waals surface area contributed by atoms with Crippen molar-refractivity contribution in [3.63, 3.8) is 0 Å². The predicted molar refractivity (Wildman–Crippen MR) is 28.0 cm³/mol. The largest absolute Gasteiger partial charge is 0.393 e. The summed E-state index contributed by atoms with van der Waals surface area (Å²) >= 11 is 0. The van der Waals surface area contributed by atoms with Crippen LogP contribution in [0, 0.1) is 0 Å². The fourth-order valence-corrected chi connectivity index (χ4v) is 0.494. The van der Waals surface area contributed by atoms with Gasteiger partial charge in [-0.1, -0.05) is 0 Å². The summed E-state index contributed by atoms with van der Waals surface area (Å²) in [5, 5.41) is 17.1. The van der Waals surface area contributed by atoms with E-state index in [-0.39, 0.29) is 31.7 Å². The number of rotatable bonds is 2. The van der Waals surface area contributed by atoms with Crippen molar-refractivity contribution in [3.8, 4) is 0 Å². The van der Waals surface area contributed by atoms with E-state index in [4.69, 9.17) is 10.2 Å². The summed E-state index contributed by atoms with van der Waals surface area (Å²) in [4.78, 5) is 0. The number of hydrogen-bond donors (Lipinski definition) is 2. The topological polar surface area (TPSA) is 40.5 Å². The van der Waals surface area contributed by atoms with E-state index >= 15 is 0 Å². The minimum Gasteiger partial charge on any atom is -0.393 e. The van der Waals surface area contributed by atoms with Crippen molar-refractivity contribution in [2.75, 3.05) is 0 Å². The summed E-state index contributed by atoms with van der Waals surface area (Å²) < 4.78 is 0. The molecule has 2 N–H and O–H groups in total. The fourth-order valence-electron chi connectivity index (χ4n) is 0.494. The van der Waals surface area contributed by atoms with Gasteiger partial charge in [0.25, 0.3) is 0 Å². The summed E-state index contributed by atoms with van der Waals surface area (Å²) in [7, 11) is 0. The SMILES string of the molecule is CC(O)CC(C)O.[Zn]. The van der Waals surface area contributed by atoms with Gasteiger partial charge in [0.1, 0.15) is 0 Å². The Kier molecular flexibility index (Phi) is 8.06. The van der Waals surface area contributed by atoms with Gasteiger partial charge in [0.15, 0.2) is 0 Å². The number of aliphatic hydroxyl groups excluding tert-OH is 2. The molecule has 0 saturated carbocycles. The van der Waals surface area contributed by atoms with Gasteiger partial charge < -0.3 is 10.2 Å². The molecule has 3 heteroatoms. The second kappa shape index (κ2) is 5.68. The van der Waals surface area contributed by atoms with E-state index in [2.05, 4.69) is 0 Å². The Morgan fingerprint density at radius 2 is 1.38 bits per heavy atom. The Balaban J connectivity index is 0. The van der Waals surface area contributed by atoms with E-state index in [1.807, 2.05) is 0 Å². The van der Waals surface area contributed by atoms with Gasteiger partial charge in [-0.05, 0) is 20.3 Å². The minimum absolute atomic E-state index is 0. The molecule has 8 heavy (non-hydrogen) atoms. The van der Waals surface area contributed by atoms with Crippen molar-refractivity contribution < 1.29 is 29.7 Å². The van der Waals surface area contributed by atoms with Crippen molar-refractivity contribution in [2.45, 2.75) is 32.5 Å². The third kappa shape index (κ3) is 9.74. The van der Waals surface area contributed by atoms with Gasteiger partial charge >= 0.3 is 0 Å². The molecule has 0 aromatic rings. The molecule has 0 saturated heterocycles. The first kappa shape index (κ1) is 11.4. The second-order valence-corrected chi connectivity index (χ2v) is 1.93. The van der Waals surface area contributed by atoms with Crippen LogP contribution in [0.25, 0.3) is 0 Å². The van der Waals surface area contributed by atoms with Crippen LogP contribution in [0.15, 0.2) is 0 Å². The maximum absolute atomic E-state index is 8.56. The zero-order valence-electron chi connectivity index (χ0n) is 5.46. The standard InChI is InChI=1S/C5H12O2.Zn/c1-4(6)3-5(2)7;/h4-7H,3H2,1-2H3;. The molecule has 0 aliphatic heterocycles. The fraction of sp³-hybridized carbons (Fsp3) is 1.00. The Labute approximate surface area is 62.7 Å². The smallest absolute Gasteiger partial charge is 0.0536 e. The summed E-state index contributed by atoms with van der Waals surface area (Å²) in [6.45, 7) is 3.32. The van der Waals surface area contributed by atoms with E-state index < -0.39 is 0 Å². The van der Waals surface area contributed by atoms with Gasteiger partial charge in [-0.25, -0.2) is 0 Å². The predicted octanol–water partition coefficient (Wildman–Crippen LogP) is 0.136. The van der Waals surface area contributed by atoms with Crippen LogP contribution in [0.1, 0.15) is 20.3 Å². The maximum atomic E-state index is 8.56. The molecule has 0 spiro atoms. The van der Waals surface area contributed by atoms with Gasteiger partial charge in [0.05, 0.1) is 12.2 Å². The first-order valence-electron chi connectivity index (χ1n) is 2.49. The first-order chi connectivity index (χ1) is 3.13. The summed E-state index contributed by atoms with van der Waals surface area (Å²) in [5.41, 5.74) is 0. The van der Waals surface area contributed by atoms with Gasteiger partial charge in [-0.2, -0.15) is 0 Å². The van der Waals surface area contributed by atoms with Gasteiger partial charge in [0, 0.05) is 19.5 Å². The van der Waals surface area contributed by atoms with E-state index in [9.17, 15) is 0 Å². The van der Waals surface area contributed by atoms with Crippen LogP contribution in [0.4, 0.5) is 0 Å². The quantitative estimate of drug-likeness (QED) is 0.577. The van der Waals surface area contributed by atoms with Gasteiger partial charge in [-0.3, -0.25) is 0 Å². The zero-order valence-corrected chi connectivity index (χ0v) is 8.43. The van der Waals surface area contributed by atoms with Gasteiger partial charge in [0.2, 0.25) is 0 Å². The van der Waals surface area contributed by atoms with Crippen molar-refractivity contribution in [1.29, 1.82) is 0 Å². The average Bonchev–Trinajstić information content (AvgIpc) is 1.27. The molecule has 0 aromatic heterocycles. The number of hydrogen-bond acceptors (Lipinski definition) is 2. The molecule has 0 amide bonds. The van der Waals surface area contributed by atoms with Crippen LogP contribution in [-0.2, 0) is 19.5 Å². The minimum atomic E-state index is -0.375. The van der Waals surface area contributed by atoms with E-state index in [0.29, 0.717) is 6.42 Å². The Bertz CT molecular complexity index is 39.7. The second-order valence-electron chi connectivity index (χ2n) is 1.93. The maximum Gasteiger partial charge on any atom is 0.0536 e. The molecule has 0 aliphatic carbocycles. The Morgan fingerprint density at radius 1 is 1.12 bits per heavy atom. The van der Waals surface area contributed by atoms with Crippen molar-refractivity contribution in [3.05, 3.63) is 0 Å². The van der Waals surface area contributed by atoms with Crippen LogP contribution < -0.4 is 0 Å². The molecule has 2 unspecified atom stereocenters. The molecular weight excluding hydrogens is 157 g/mol. The summed E-state index contributed by atoms with van der Waals surface area (Å²) in [5.74, 6) is 0. The van der Waals surface area contributed by atoms with E-state index in [1.165, 1.54) is 0 Å². The molecule has 0 heterocycles.